The van der Waals surface area contributed by atoms with Crippen molar-refractivity contribution in [1.29, 1.82) is 0 Å². The summed E-state index contributed by atoms with van der Waals surface area (Å²) in [6.45, 7) is 6.09. The Hall–Kier alpha value is -0.610. The van der Waals surface area contributed by atoms with Gasteiger partial charge in [0.25, 0.3) is 0 Å². The summed E-state index contributed by atoms with van der Waals surface area (Å²) in [7, 11) is 2.16. The fourth-order valence-electron chi connectivity index (χ4n) is 3.28. The minimum absolute atomic E-state index is 0.109. The van der Waals surface area contributed by atoms with Gasteiger partial charge in [-0.05, 0) is 58.8 Å². The highest BCUT2D eigenvalue weighted by molar-refractivity contribution is 5.82. The number of hydrogen-bond acceptors (Lipinski definition) is 3. The predicted molar refractivity (Wildman–Crippen MR) is 73.5 cm³/mol. The third kappa shape index (κ3) is 2.86. The second kappa shape index (κ2) is 6.02. The van der Waals surface area contributed by atoms with Gasteiger partial charge in [-0.15, -0.1) is 0 Å². The third-order valence-electron chi connectivity index (χ3n) is 4.89. The SMILES string of the molecule is CCC1(C(=O)NCC2CCCN2C)CCNCC1. The molecule has 18 heavy (non-hydrogen) atoms. The largest absolute Gasteiger partial charge is 0.354 e. The molecule has 0 bridgehead atoms. The van der Waals surface area contributed by atoms with Crippen molar-refractivity contribution < 1.29 is 4.79 Å². The molecule has 2 rings (SSSR count). The van der Waals surface area contributed by atoms with Gasteiger partial charge >= 0.3 is 0 Å². The fourth-order valence-corrected chi connectivity index (χ4v) is 3.28. The zero-order valence-electron chi connectivity index (χ0n) is 11.8. The third-order valence-corrected chi connectivity index (χ3v) is 4.89. The average Bonchev–Trinajstić information content (AvgIpc) is 2.82. The molecule has 2 N–H and O–H groups in total. The number of carbonyl (C=O) groups is 1. The van der Waals surface area contributed by atoms with E-state index in [-0.39, 0.29) is 11.3 Å². The minimum atomic E-state index is -0.109. The summed E-state index contributed by atoms with van der Waals surface area (Å²) in [5.74, 6) is 0.284. The maximum atomic E-state index is 12.5. The molecule has 4 nitrogen and oxygen atoms in total. The number of piperidine rings is 1. The van der Waals surface area contributed by atoms with Crippen molar-refractivity contribution in [3.63, 3.8) is 0 Å². The Morgan fingerprint density at radius 3 is 2.72 bits per heavy atom. The van der Waals surface area contributed by atoms with Gasteiger partial charge in [0.15, 0.2) is 0 Å². The van der Waals surface area contributed by atoms with E-state index in [9.17, 15) is 4.79 Å². The van der Waals surface area contributed by atoms with Crippen molar-refractivity contribution >= 4 is 5.91 Å². The van der Waals surface area contributed by atoms with Crippen molar-refractivity contribution in [2.24, 2.45) is 5.41 Å². The predicted octanol–water partition coefficient (Wildman–Crippen LogP) is 0.977. The van der Waals surface area contributed by atoms with Crippen molar-refractivity contribution in [3.05, 3.63) is 0 Å². The smallest absolute Gasteiger partial charge is 0.226 e. The molecule has 2 aliphatic heterocycles. The van der Waals surface area contributed by atoms with Gasteiger partial charge in [-0.25, -0.2) is 0 Å². The van der Waals surface area contributed by atoms with Crippen molar-refractivity contribution in [1.82, 2.24) is 15.5 Å². The van der Waals surface area contributed by atoms with Gasteiger partial charge in [0.2, 0.25) is 5.91 Å². The summed E-state index contributed by atoms with van der Waals surface area (Å²) in [6, 6.07) is 0.546. The summed E-state index contributed by atoms with van der Waals surface area (Å²) in [5.41, 5.74) is -0.109. The highest BCUT2D eigenvalue weighted by atomic mass is 16.2. The van der Waals surface area contributed by atoms with Crippen LogP contribution in [0.2, 0.25) is 0 Å². The first-order chi connectivity index (χ1) is 8.68. The van der Waals surface area contributed by atoms with Gasteiger partial charge in [-0.1, -0.05) is 6.92 Å². The van der Waals surface area contributed by atoms with Crippen molar-refractivity contribution in [3.8, 4) is 0 Å². The number of likely N-dealkylation sites (N-methyl/N-ethyl adjacent to an activating group) is 1. The van der Waals surface area contributed by atoms with Crippen LogP contribution in [0.4, 0.5) is 0 Å². The Kier molecular flexibility index (Phi) is 4.62. The van der Waals surface area contributed by atoms with Crippen LogP contribution in [-0.4, -0.2) is 50.1 Å². The Balaban J connectivity index is 1.85. The molecule has 0 saturated carbocycles. The number of nitrogens with zero attached hydrogens (tertiary/aromatic N) is 1. The summed E-state index contributed by atoms with van der Waals surface area (Å²) in [5, 5.41) is 6.55. The standard InChI is InChI=1S/C14H27N3O/c1-3-14(6-8-15-9-7-14)13(18)16-11-12-5-4-10-17(12)2/h12,15H,3-11H2,1-2H3,(H,16,18). The van der Waals surface area contributed by atoms with E-state index < -0.39 is 0 Å². The molecule has 1 unspecified atom stereocenters. The number of nitrogens with one attached hydrogen (secondary N) is 2. The van der Waals surface area contributed by atoms with Crippen LogP contribution >= 0.6 is 0 Å². The number of amides is 1. The van der Waals surface area contributed by atoms with Gasteiger partial charge < -0.3 is 15.5 Å². The molecule has 2 heterocycles. The van der Waals surface area contributed by atoms with E-state index in [1.165, 1.54) is 19.4 Å². The van der Waals surface area contributed by atoms with E-state index >= 15 is 0 Å². The van der Waals surface area contributed by atoms with Crippen LogP contribution < -0.4 is 10.6 Å². The molecule has 0 aliphatic carbocycles. The van der Waals surface area contributed by atoms with E-state index in [0.29, 0.717) is 6.04 Å². The summed E-state index contributed by atoms with van der Waals surface area (Å²) >= 11 is 0. The van der Waals surface area contributed by atoms with Crippen LogP contribution in [0.5, 0.6) is 0 Å². The molecule has 1 atom stereocenters. The molecule has 0 aromatic carbocycles. The van der Waals surface area contributed by atoms with Crippen LogP contribution in [0.15, 0.2) is 0 Å². The Morgan fingerprint density at radius 2 is 2.17 bits per heavy atom. The highest BCUT2D eigenvalue weighted by Crippen LogP contribution is 2.32. The summed E-state index contributed by atoms with van der Waals surface area (Å²) < 4.78 is 0. The summed E-state index contributed by atoms with van der Waals surface area (Å²) in [4.78, 5) is 14.8. The average molecular weight is 253 g/mol. The first-order valence-electron chi connectivity index (χ1n) is 7.37. The molecule has 0 spiro atoms. The van der Waals surface area contributed by atoms with E-state index in [2.05, 4.69) is 29.5 Å². The lowest BCUT2D eigenvalue weighted by Gasteiger charge is -2.36. The number of rotatable bonds is 4. The molecule has 0 radical (unpaired) electrons. The van der Waals surface area contributed by atoms with Gasteiger partial charge in [-0.3, -0.25) is 4.79 Å². The monoisotopic (exact) mass is 253 g/mol. The topological polar surface area (TPSA) is 44.4 Å². The fraction of sp³-hybridized carbons (Fsp3) is 0.929. The zero-order valence-corrected chi connectivity index (χ0v) is 11.8. The first-order valence-corrected chi connectivity index (χ1v) is 7.37. The van der Waals surface area contributed by atoms with Crippen molar-refractivity contribution in [2.45, 2.75) is 45.1 Å². The first kappa shape index (κ1) is 13.8. The maximum Gasteiger partial charge on any atom is 0.226 e. The molecule has 4 heteroatoms. The summed E-state index contributed by atoms with van der Waals surface area (Å²) in [6.07, 6.45) is 5.41. The van der Waals surface area contributed by atoms with Crippen LogP contribution in [-0.2, 0) is 4.79 Å². The molecule has 2 aliphatic rings. The molecule has 2 fully saturated rings. The van der Waals surface area contributed by atoms with E-state index in [1.54, 1.807) is 0 Å². The Morgan fingerprint density at radius 1 is 1.44 bits per heavy atom. The van der Waals surface area contributed by atoms with Crippen LogP contribution in [0.25, 0.3) is 0 Å². The Bertz CT molecular complexity index is 287. The lowest BCUT2D eigenvalue weighted by molar-refractivity contribution is -0.133. The van der Waals surface area contributed by atoms with Gasteiger partial charge in [-0.2, -0.15) is 0 Å². The maximum absolute atomic E-state index is 12.5. The molecule has 104 valence electrons. The van der Waals surface area contributed by atoms with E-state index in [0.717, 1.165) is 38.9 Å². The molecule has 0 aromatic rings. The lowest BCUT2D eigenvalue weighted by atomic mass is 9.76. The zero-order chi connectivity index (χ0) is 13.0. The Labute approximate surface area is 110 Å². The number of hydrogen-bond donors (Lipinski definition) is 2. The normalized spacial score (nSPS) is 28.2. The second-order valence-electron chi connectivity index (χ2n) is 5.87. The molecular weight excluding hydrogens is 226 g/mol. The van der Waals surface area contributed by atoms with Crippen LogP contribution in [0.1, 0.15) is 39.0 Å². The van der Waals surface area contributed by atoms with Crippen molar-refractivity contribution in [2.75, 3.05) is 33.2 Å². The lowest BCUT2D eigenvalue weighted by Crippen LogP contribution is -2.49. The highest BCUT2D eigenvalue weighted by Gasteiger charge is 2.37. The van der Waals surface area contributed by atoms with Crippen LogP contribution in [0.3, 0.4) is 0 Å². The molecule has 0 aromatic heterocycles. The van der Waals surface area contributed by atoms with Gasteiger partial charge in [0.1, 0.15) is 0 Å². The number of likely N-dealkylation sites (tertiary alicyclic amines) is 1. The van der Waals surface area contributed by atoms with Gasteiger partial charge in [0, 0.05) is 12.6 Å². The number of carbonyl (C=O) groups excluding carboxylic acids is 1. The minimum Gasteiger partial charge on any atom is -0.354 e. The molecule has 2 saturated heterocycles. The van der Waals surface area contributed by atoms with Crippen LogP contribution in [0, 0.1) is 5.41 Å². The molecule has 1 amide bonds. The quantitative estimate of drug-likeness (QED) is 0.785. The van der Waals surface area contributed by atoms with E-state index in [1.807, 2.05) is 0 Å². The van der Waals surface area contributed by atoms with Gasteiger partial charge in [0.05, 0.1) is 5.41 Å². The second-order valence-corrected chi connectivity index (χ2v) is 5.87. The van der Waals surface area contributed by atoms with E-state index in [4.69, 9.17) is 0 Å². The molecular formula is C14H27N3O.